The lowest BCUT2D eigenvalue weighted by Gasteiger charge is -2.07. The van der Waals surface area contributed by atoms with Gasteiger partial charge < -0.3 is 9.14 Å². The molecule has 3 aromatic rings. The molecule has 2 aromatic heterocycles. The molecule has 0 radical (unpaired) electrons. The second-order valence-electron chi connectivity index (χ2n) is 5.31. The van der Waals surface area contributed by atoms with E-state index in [0.29, 0.717) is 5.75 Å². The molecule has 0 N–H and O–H groups in total. The zero-order valence-corrected chi connectivity index (χ0v) is 12.4. The minimum absolute atomic E-state index is 0.280. The van der Waals surface area contributed by atoms with E-state index in [1.54, 1.807) is 0 Å². The van der Waals surface area contributed by atoms with Crippen LogP contribution >= 0.6 is 0 Å². The van der Waals surface area contributed by atoms with E-state index in [1.165, 1.54) is 18.0 Å². The molecular formula is C18H19NO2. The number of nitrogens with zero attached hydrogens (tertiary/aromatic N) is 1. The standard InChI is InChI=1S/C18H19NO2/c1-3-4-8-15-12-18(21-13(2)20)17-11-10-14-7-5-6-9-16(14)19(15)17/h5-7,9-12H,3-4,8H2,1-2H3. The first-order valence-corrected chi connectivity index (χ1v) is 7.41. The van der Waals surface area contributed by atoms with Gasteiger partial charge in [0, 0.05) is 18.7 Å². The van der Waals surface area contributed by atoms with Gasteiger partial charge >= 0.3 is 5.97 Å². The van der Waals surface area contributed by atoms with Gasteiger partial charge in [0.15, 0.2) is 5.75 Å². The third kappa shape index (κ3) is 2.51. The van der Waals surface area contributed by atoms with Crippen molar-refractivity contribution in [1.82, 2.24) is 4.40 Å². The van der Waals surface area contributed by atoms with E-state index in [1.807, 2.05) is 24.3 Å². The number of para-hydroxylation sites is 1. The van der Waals surface area contributed by atoms with Gasteiger partial charge in [-0.05, 0) is 30.4 Å². The van der Waals surface area contributed by atoms with Crippen LogP contribution in [0.1, 0.15) is 32.4 Å². The number of hydrogen-bond donors (Lipinski definition) is 0. The van der Waals surface area contributed by atoms with Crippen molar-refractivity contribution in [1.29, 1.82) is 0 Å². The summed E-state index contributed by atoms with van der Waals surface area (Å²) in [4.78, 5) is 11.3. The summed E-state index contributed by atoms with van der Waals surface area (Å²) in [6.45, 7) is 3.62. The van der Waals surface area contributed by atoms with Crippen molar-refractivity contribution in [3.05, 3.63) is 48.2 Å². The van der Waals surface area contributed by atoms with E-state index in [0.717, 1.165) is 30.3 Å². The molecule has 0 saturated heterocycles. The number of benzene rings is 1. The van der Waals surface area contributed by atoms with Crippen LogP contribution in [-0.4, -0.2) is 10.4 Å². The zero-order chi connectivity index (χ0) is 14.8. The summed E-state index contributed by atoms with van der Waals surface area (Å²) in [5.74, 6) is 0.372. The number of carbonyl (C=O) groups excluding carboxylic acids is 1. The molecule has 0 saturated carbocycles. The van der Waals surface area contributed by atoms with Gasteiger partial charge in [-0.15, -0.1) is 0 Å². The summed E-state index contributed by atoms with van der Waals surface area (Å²) in [7, 11) is 0. The number of pyridine rings is 1. The second kappa shape index (κ2) is 5.60. The van der Waals surface area contributed by atoms with E-state index in [4.69, 9.17) is 4.74 Å². The van der Waals surface area contributed by atoms with Crippen LogP contribution in [0.3, 0.4) is 0 Å². The number of fused-ring (bicyclic) bond motifs is 3. The first kappa shape index (κ1) is 13.7. The Morgan fingerprint density at radius 3 is 2.71 bits per heavy atom. The molecule has 0 spiro atoms. The largest absolute Gasteiger partial charge is 0.424 e. The minimum Gasteiger partial charge on any atom is -0.424 e. The van der Waals surface area contributed by atoms with Crippen LogP contribution in [-0.2, 0) is 11.2 Å². The molecule has 0 amide bonds. The van der Waals surface area contributed by atoms with Crippen molar-refractivity contribution in [3.63, 3.8) is 0 Å². The summed E-state index contributed by atoms with van der Waals surface area (Å²) in [5, 5.41) is 1.19. The Morgan fingerprint density at radius 1 is 1.14 bits per heavy atom. The van der Waals surface area contributed by atoms with Crippen molar-refractivity contribution >= 4 is 22.4 Å². The zero-order valence-electron chi connectivity index (χ0n) is 12.4. The van der Waals surface area contributed by atoms with E-state index in [-0.39, 0.29) is 5.97 Å². The lowest BCUT2D eigenvalue weighted by atomic mass is 10.2. The molecule has 108 valence electrons. The molecule has 0 aliphatic rings. The molecular weight excluding hydrogens is 262 g/mol. The predicted molar refractivity (Wildman–Crippen MR) is 84.8 cm³/mol. The lowest BCUT2D eigenvalue weighted by molar-refractivity contribution is -0.131. The second-order valence-corrected chi connectivity index (χ2v) is 5.31. The van der Waals surface area contributed by atoms with Gasteiger partial charge in [0.2, 0.25) is 0 Å². The molecule has 3 heteroatoms. The summed E-state index contributed by atoms with van der Waals surface area (Å²) in [6.07, 6.45) is 3.24. The Morgan fingerprint density at radius 2 is 1.95 bits per heavy atom. The Hall–Kier alpha value is -2.29. The van der Waals surface area contributed by atoms with Gasteiger partial charge in [-0.25, -0.2) is 0 Å². The van der Waals surface area contributed by atoms with Gasteiger partial charge in [-0.1, -0.05) is 37.6 Å². The van der Waals surface area contributed by atoms with Crippen molar-refractivity contribution in [2.45, 2.75) is 33.1 Å². The molecule has 3 nitrogen and oxygen atoms in total. The number of ether oxygens (including phenoxy) is 1. The van der Waals surface area contributed by atoms with Crippen LogP contribution in [0.15, 0.2) is 42.5 Å². The van der Waals surface area contributed by atoms with E-state index >= 15 is 0 Å². The quantitative estimate of drug-likeness (QED) is 0.665. The topological polar surface area (TPSA) is 30.7 Å². The van der Waals surface area contributed by atoms with Gasteiger partial charge in [-0.2, -0.15) is 0 Å². The maximum absolute atomic E-state index is 11.3. The highest BCUT2D eigenvalue weighted by atomic mass is 16.5. The van der Waals surface area contributed by atoms with Crippen LogP contribution in [0.4, 0.5) is 0 Å². The molecule has 0 atom stereocenters. The molecule has 21 heavy (non-hydrogen) atoms. The Labute approximate surface area is 124 Å². The third-order valence-corrected chi connectivity index (χ3v) is 3.72. The van der Waals surface area contributed by atoms with Crippen LogP contribution in [0.5, 0.6) is 5.75 Å². The first-order valence-electron chi connectivity index (χ1n) is 7.41. The molecule has 0 unspecified atom stereocenters. The number of aryl methyl sites for hydroxylation is 1. The molecule has 0 aliphatic heterocycles. The van der Waals surface area contributed by atoms with Gasteiger partial charge in [-0.3, -0.25) is 4.79 Å². The molecule has 0 bridgehead atoms. The van der Waals surface area contributed by atoms with Gasteiger partial charge in [0.1, 0.15) is 0 Å². The van der Waals surface area contributed by atoms with E-state index < -0.39 is 0 Å². The highest BCUT2D eigenvalue weighted by molar-refractivity contribution is 5.86. The van der Waals surface area contributed by atoms with Crippen molar-refractivity contribution < 1.29 is 9.53 Å². The SMILES string of the molecule is CCCCc1cc(OC(C)=O)c2ccc3ccccc3n12. The Bertz CT molecular complexity index is 801. The van der Waals surface area contributed by atoms with Gasteiger partial charge in [0.05, 0.1) is 11.0 Å². The maximum atomic E-state index is 11.3. The van der Waals surface area contributed by atoms with Crippen molar-refractivity contribution in [2.24, 2.45) is 0 Å². The highest BCUT2D eigenvalue weighted by Crippen LogP contribution is 2.30. The molecule has 1 aromatic carbocycles. The summed E-state index contributed by atoms with van der Waals surface area (Å²) < 4.78 is 7.59. The maximum Gasteiger partial charge on any atom is 0.308 e. The summed E-state index contributed by atoms with van der Waals surface area (Å²) in [5.41, 5.74) is 3.30. The lowest BCUT2D eigenvalue weighted by Crippen LogP contribution is -2.00. The fraction of sp³-hybridized carbons (Fsp3) is 0.278. The smallest absolute Gasteiger partial charge is 0.308 e. The van der Waals surface area contributed by atoms with Crippen LogP contribution < -0.4 is 4.74 Å². The fourth-order valence-electron chi connectivity index (χ4n) is 2.78. The van der Waals surface area contributed by atoms with Crippen LogP contribution in [0.25, 0.3) is 16.4 Å². The average molecular weight is 281 g/mol. The number of unbranched alkanes of at least 4 members (excludes halogenated alkanes) is 1. The van der Waals surface area contributed by atoms with Gasteiger partial charge in [0.25, 0.3) is 0 Å². The van der Waals surface area contributed by atoms with Crippen LogP contribution in [0, 0.1) is 0 Å². The average Bonchev–Trinajstić information content (AvgIpc) is 2.83. The monoisotopic (exact) mass is 281 g/mol. The Kier molecular flexibility index (Phi) is 3.65. The number of rotatable bonds is 4. The van der Waals surface area contributed by atoms with Crippen LogP contribution in [0.2, 0.25) is 0 Å². The summed E-state index contributed by atoms with van der Waals surface area (Å²) in [6, 6.07) is 14.4. The highest BCUT2D eigenvalue weighted by Gasteiger charge is 2.13. The van der Waals surface area contributed by atoms with E-state index in [2.05, 4.69) is 29.5 Å². The first-order chi connectivity index (χ1) is 10.2. The summed E-state index contributed by atoms with van der Waals surface area (Å²) >= 11 is 0. The molecule has 0 fully saturated rings. The predicted octanol–water partition coefficient (Wildman–Crippen LogP) is 4.36. The number of carbonyl (C=O) groups is 1. The van der Waals surface area contributed by atoms with Crippen molar-refractivity contribution in [2.75, 3.05) is 0 Å². The number of aromatic nitrogens is 1. The van der Waals surface area contributed by atoms with Crippen molar-refractivity contribution in [3.8, 4) is 5.75 Å². The normalized spacial score (nSPS) is 11.1. The minimum atomic E-state index is -0.280. The molecule has 0 aliphatic carbocycles. The molecule has 3 rings (SSSR count). The fourth-order valence-corrected chi connectivity index (χ4v) is 2.78. The molecule has 2 heterocycles. The van der Waals surface area contributed by atoms with E-state index in [9.17, 15) is 4.79 Å². The number of esters is 1. The third-order valence-electron chi connectivity index (χ3n) is 3.72. The number of hydrogen-bond acceptors (Lipinski definition) is 2. The Balaban J connectivity index is 2.26.